The molecule has 9 heteroatoms. The molecule has 0 aliphatic heterocycles. The molecule has 1 aliphatic carbocycles. The van der Waals surface area contributed by atoms with Crippen molar-refractivity contribution in [1.82, 2.24) is 19.7 Å². The van der Waals surface area contributed by atoms with Crippen LogP contribution in [0.4, 0.5) is 0 Å². The molecule has 7 nitrogen and oxygen atoms in total. The summed E-state index contributed by atoms with van der Waals surface area (Å²) in [6.07, 6.45) is 9.06. The summed E-state index contributed by atoms with van der Waals surface area (Å²) in [5.74, 6) is 0.866. The van der Waals surface area contributed by atoms with Gasteiger partial charge in [0.2, 0.25) is 0 Å². The third-order valence-corrected chi connectivity index (χ3v) is 8.22. The molecule has 36 heavy (non-hydrogen) atoms. The van der Waals surface area contributed by atoms with Gasteiger partial charge in [0.1, 0.15) is 17.1 Å². The second kappa shape index (κ2) is 9.96. The highest BCUT2D eigenvalue weighted by atomic mass is 35.5. The molecule has 1 saturated carbocycles. The summed E-state index contributed by atoms with van der Waals surface area (Å²) in [5, 5.41) is 16.5. The number of nitrogens with zero attached hydrogens (tertiary/aromatic N) is 3. The first-order chi connectivity index (χ1) is 17.3. The average molecular weight is 529 g/mol. The van der Waals surface area contributed by atoms with Gasteiger partial charge in [-0.05, 0) is 44.2 Å². The van der Waals surface area contributed by atoms with Crippen molar-refractivity contribution in [3.05, 3.63) is 57.6 Å². The number of fused-ring (bicyclic) bond motifs is 1. The maximum absolute atomic E-state index is 9.88. The van der Waals surface area contributed by atoms with Crippen LogP contribution < -0.4 is 9.47 Å². The summed E-state index contributed by atoms with van der Waals surface area (Å²) in [6, 6.07) is 4.15. The number of H-pyrrole nitrogens is 1. The molecule has 1 aromatic carbocycles. The molecule has 1 fully saturated rings. The number of hydrogen-bond donors (Lipinski definition) is 2. The van der Waals surface area contributed by atoms with Crippen LogP contribution in [0.2, 0.25) is 10.0 Å². The molecular weight excluding hydrogens is 499 g/mol. The molecule has 2 N–H and O–H groups in total. The van der Waals surface area contributed by atoms with E-state index in [-0.39, 0.29) is 12.0 Å². The Balaban J connectivity index is 1.55. The Kier molecular flexibility index (Phi) is 6.90. The molecule has 0 amide bonds. The lowest BCUT2D eigenvalue weighted by Crippen LogP contribution is -2.22. The number of methoxy groups -OCH3 is 2. The van der Waals surface area contributed by atoms with Crippen LogP contribution in [0.1, 0.15) is 61.4 Å². The molecule has 190 valence electrons. The Morgan fingerprint density at radius 3 is 2.36 bits per heavy atom. The minimum atomic E-state index is -0.191. The number of aliphatic hydroxyl groups is 1. The fraction of sp³-hybridized carbons (Fsp3) is 0.407. The zero-order valence-corrected chi connectivity index (χ0v) is 22.3. The minimum absolute atomic E-state index is 0.155. The Bertz CT molecular complexity index is 1380. The van der Waals surface area contributed by atoms with Gasteiger partial charge in [-0.15, -0.1) is 0 Å². The SMILES string of the molecule is COc1cc(OC)c(Cl)c([C@@H](C)c2c[nH]c3ncc(-c4cnn([C@H]5CC[C@H](O)CC5)c4C)cc23)c1Cl. The van der Waals surface area contributed by atoms with E-state index in [0.717, 1.165) is 64.7 Å². The Morgan fingerprint density at radius 2 is 1.72 bits per heavy atom. The standard InChI is InChI=1S/C27H30Cl2N4O3/c1-14(24-25(28)22(35-3)10-23(36-4)26(24)29)20-12-31-27-19(20)9-16(11-30-27)21-13-32-33(15(21)2)17-5-7-18(34)8-6-17/h9-14,17-18,34H,5-8H2,1-4H3,(H,30,31)/t14-,17-,18-/m0/s1. The van der Waals surface area contributed by atoms with Crippen LogP contribution in [0.3, 0.4) is 0 Å². The van der Waals surface area contributed by atoms with Gasteiger partial charge < -0.3 is 19.6 Å². The highest BCUT2D eigenvalue weighted by molar-refractivity contribution is 6.38. The van der Waals surface area contributed by atoms with Crippen molar-refractivity contribution in [3.63, 3.8) is 0 Å². The fourth-order valence-corrected chi connectivity index (χ4v) is 6.18. The van der Waals surface area contributed by atoms with Gasteiger partial charge in [0.25, 0.3) is 0 Å². The number of aliphatic hydroxyl groups excluding tert-OH is 1. The quantitative estimate of drug-likeness (QED) is 0.291. The van der Waals surface area contributed by atoms with Crippen LogP contribution in [-0.2, 0) is 0 Å². The van der Waals surface area contributed by atoms with E-state index >= 15 is 0 Å². The fourth-order valence-electron chi connectivity index (χ4n) is 5.35. The topological polar surface area (TPSA) is 85.2 Å². The van der Waals surface area contributed by atoms with Crippen molar-refractivity contribution < 1.29 is 14.6 Å². The first kappa shape index (κ1) is 24.9. The van der Waals surface area contributed by atoms with Gasteiger partial charge in [-0.1, -0.05) is 30.1 Å². The van der Waals surface area contributed by atoms with Gasteiger partial charge in [0.05, 0.1) is 42.6 Å². The van der Waals surface area contributed by atoms with Crippen LogP contribution in [0.5, 0.6) is 11.5 Å². The van der Waals surface area contributed by atoms with Crippen molar-refractivity contribution in [2.45, 2.75) is 57.6 Å². The summed E-state index contributed by atoms with van der Waals surface area (Å²) < 4.78 is 13.1. The van der Waals surface area contributed by atoms with Gasteiger partial charge in [0.15, 0.2) is 0 Å². The summed E-state index contributed by atoms with van der Waals surface area (Å²) in [4.78, 5) is 7.98. The summed E-state index contributed by atoms with van der Waals surface area (Å²) in [5.41, 5.74) is 5.69. The second-order valence-corrected chi connectivity index (χ2v) is 10.2. The first-order valence-corrected chi connectivity index (χ1v) is 12.9. The molecule has 0 radical (unpaired) electrons. The monoisotopic (exact) mass is 528 g/mol. The molecular formula is C27H30Cl2N4O3. The van der Waals surface area contributed by atoms with E-state index in [1.165, 1.54) is 0 Å². The molecule has 1 aliphatic rings. The van der Waals surface area contributed by atoms with Gasteiger partial charge >= 0.3 is 0 Å². The number of aromatic nitrogens is 4. The van der Waals surface area contributed by atoms with E-state index in [1.807, 2.05) is 18.6 Å². The van der Waals surface area contributed by atoms with E-state index in [4.69, 9.17) is 42.8 Å². The van der Waals surface area contributed by atoms with Crippen LogP contribution in [0, 0.1) is 6.92 Å². The molecule has 0 unspecified atom stereocenters. The Labute approximate surface area is 220 Å². The number of pyridine rings is 1. The van der Waals surface area contributed by atoms with Crippen LogP contribution >= 0.6 is 23.2 Å². The first-order valence-electron chi connectivity index (χ1n) is 12.1. The van der Waals surface area contributed by atoms with E-state index in [0.29, 0.717) is 27.6 Å². The predicted octanol–water partition coefficient (Wildman–Crippen LogP) is 6.69. The Hall–Kier alpha value is -2.74. The summed E-state index contributed by atoms with van der Waals surface area (Å²) >= 11 is 13.4. The van der Waals surface area contributed by atoms with Gasteiger partial charge in [-0.25, -0.2) is 4.98 Å². The summed E-state index contributed by atoms with van der Waals surface area (Å²) in [7, 11) is 3.14. The van der Waals surface area contributed by atoms with Gasteiger partial charge in [-0.3, -0.25) is 4.68 Å². The predicted molar refractivity (Wildman–Crippen MR) is 143 cm³/mol. The molecule has 1 atom stereocenters. The van der Waals surface area contributed by atoms with Crippen molar-refractivity contribution in [2.75, 3.05) is 14.2 Å². The number of nitrogens with one attached hydrogen (secondary N) is 1. The molecule has 3 heterocycles. The van der Waals surface area contributed by atoms with E-state index in [1.54, 1.807) is 20.3 Å². The third-order valence-electron chi connectivity index (χ3n) is 7.44. The number of benzene rings is 1. The average Bonchev–Trinajstić information content (AvgIpc) is 3.48. The zero-order valence-electron chi connectivity index (χ0n) is 20.8. The number of rotatable bonds is 6. The lowest BCUT2D eigenvalue weighted by molar-refractivity contribution is 0.107. The van der Waals surface area contributed by atoms with Crippen LogP contribution in [0.15, 0.2) is 30.7 Å². The normalized spacial score (nSPS) is 19.0. The largest absolute Gasteiger partial charge is 0.495 e. The van der Waals surface area contributed by atoms with Crippen molar-refractivity contribution >= 4 is 34.2 Å². The molecule has 0 spiro atoms. The van der Waals surface area contributed by atoms with Crippen LogP contribution in [0.25, 0.3) is 22.2 Å². The zero-order chi connectivity index (χ0) is 25.6. The molecule has 3 aromatic heterocycles. The molecule has 4 aromatic rings. The van der Waals surface area contributed by atoms with Gasteiger partial charge in [0, 0.05) is 52.1 Å². The van der Waals surface area contributed by atoms with E-state index in [9.17, 15) is 5.11 Å². The third kappa shape index (κ3) is 4.23. The van der Waals surface area contributed by atoms with Gasteiger partial charge in [-0.2, -0.15) is 5.10 Å². The van der Waals surface area contributed by atoms with Crippen molar-refractivity contribution in [2.24, 2.45) is 0 Å². The number of halogens is 2. The summed E-state index contributed by atoms with van der Waals surface area (Å²) in [6.45, 7) is 4.16. The van der Waals surface area contributed by atoms with E-state index < -0.39 is 0 Å². The maximum Gasteiger partial charge on any atom is 0.141 e. The maximum atomic E-state index is 9.88. The molecule has 0 saturated heterocycles. The number of aromatic amines is 1. The Morgan fingerprint density at radius 1 is 1.06 bits per heavy atom. The van der Waals surface area contributed by atoms with Crippen molar-refractivity contribution in [3.8, 4) is 22.6 Å². The second-order valence-electron chi connectivity index (χ2n) is 9.46. The molecule has 5 rings (SSSR count). The van der Waals surface area contributed by atoms with E-state index in [2.05, 4.69) is 29.6 Å². The highest BCUT2D eigenvalue weighted by Crippen LogP contribution is 2.46. The highest BCUT2D eigenvalue weighted by Gasteiger charge is 2.26. The lowest BCUT2D eigenvalue weighted by Gasteiger charge is -2.26. The van der Waals surface area contributed by atoms with Crippen molar-refractivity contribution in [1.29, 1.82) is 0 Å². The number of hydrogen-bond acceptors (Lipinski definition) is 5. The minimum Gasteiger partial charge on any atom is -0.495 e. The smallest absolute Gasteiger partial charge is 0.141 e. The number of ether oxygens (including phenoxy) is 2. The van der Waals surface area contributed by atoms with Crippen LogP contribution in [-0.4, -0.2) is 45.2 Å². The lowest BCUT2D eigenvalue weighted by atomic mass is 9.91. The molecule has 0 bridgehead atoms.